The first-order valence-corrected chi connectivity index (χ1v) is 11.1. The summed E-state index contributed by atoms with van der Waals surface area (Å²) in [5.74, 6) is -0.414. The largest absolute Gasteiger partial charge is 0.378 e. The van der Waals surface area contributed by atoms with Crippen LogP contribution >= 0.6 is 0 Å². The second-order valence-corrected chi connectivity index (χ2v) is 8.82. The van der Waals surface area contributed by atoms with Crippen LogP contribution in [0.2, 0.25) is 0 Å². The molecule has 4 rings (SSSR count). The Hall–Kier alpha value is -2.75. The van der Waals surface area contributed by atoms with Gasteiger partial charge in [-0.05, 0) is 35.9 Å². The zero-order valence-electron chi connectivity index (χ0n) is 16.2. The molecule has 1 aromatic heterocycles. The molecule has 9 heteroatoms. The Kier molecular flexibility index (Phi) is 5.85. The SMILES string of the molecule is O=C(CCNS(=O)(=O)c1ccc(-c2c[nH]c3cc(F)ccc23)cc1)N1CCOCC1. The van der Waals surface area contributed by atoms with Crippen molar-refractivity contribution in [2.24, 2.45) is 0 Å². The minimum atomic E-state index is -3.72. The van der Waals surface area contributed by atoms with Gasteiger partial charge in [-0.1, -0.05) is 12.1 Å². The highest BCUT2D eigenvalue weighted by Gasteiger charge is 2.19. The van der Waals surface area contributed by atoms with Gasteiger partial charge in [-0.25, -0.2) is 17.5 Å². The minimum Gasteiger partial charge on any atom is -0.378 e. The van der Waals surface area contributed by atoms with Crippen molar-refractivity contribution >= 4 is 26.8 Å². The summed E-state index contributed by atoms with van der Waals surface area (Å²) in [6, 6.07) is 10.9. The molecule has 1 saturated heterocycles. The number of fused-ring (bicyclic) bond motifs is 1. The summed E-state index contributed by atoms with van der Waals surface area (Å²) in [6.45, 7) is 2.12. The van der Waals surface area contributed by atoms with Gasteiger partial charge in [0.05, 0.1) is 18.1 Å². The molecule has 7 nitrogen and oxygen atoms in total. The Morgan fingerprint density at radius 3 is 2.60 bits per heavy atom. The third-order valence-electron chi connectivity index (χ3n) is 5.11. The lowest BCUT2D eigenvalue weighted by atomic mass is 10.1. The van der Waals surface area contributed by atoms with Gasteiger partial charge in [0, 0.05) is 48.7 Å². The summed E-state index contributed by atoms with van der Waals surface area (Å²) in [6.07, 6.45) is 1.87. The molecule has 0 unspecified atom stereocenters. The van der Waals surface area contributed by atoms with E-state index < -0.39 is 10.0 Å². The quantitative estimate of drug-likeness (QED) is 0.627. The van der Waals surface area contributed by atoms with E-state index in [0.717, 1.165) is 16.5 Å². The maximum absolute atomic E-state index is 13.4. The van der Waals surface area contributed by atoms with Crippen LogP contribution in [0.1, 0.15) is 6.42 Å². The van der Waals surface area contributed by atoms with Crippen LogP contribution in [0.4, 0.5) is 4.39 Å². The standard InChI is InChI=1S/C21H22FN3O4S/c22-16-3-6-18-19(14-23-20(18)13-16)15-1-4-17(5-2-15)30(27,28)24-8-7-21(26)25-9-11-29-12-10-25/h1-6,13-14,23-24H,7-12H2. The summed E-state index contributed by atoms with van der Waals surface area (Å²) >= 11 is 0. The molecule has 1 aliphatic heterocycles. The Morgan fingerprint density at radius 2 is 1.87 bits per heavy atom. The number of halogens is 1. The van der Waals surface area contributed by atoms with E-state index in [1.165, 1.54) is 24.3 Å². The summed E-state index contributed by atoms with van der Waals surface area (Å²) in [4.78, 5) is 17.0. The third kappa shape index (κ3) is 4.38. The van der Waals surface area contributed by atoms with Crippen molar-refractivity contribution in [1.82, 2.24) is 14.6 Å². The van der Waals surface area contributed by atoms with Gasteiger partial charge in [0.15, 0.2) is 0 Å². The molecule has 2 aromatic carbocycles. The molecule has 1 aliphatic rings. The van der Waals surface area contributed by atoms with Crippen LogP contribution in [-0.2, 0) is 19.6 Å². The Morgan fingerprint density at radius 1 is 1.13 bits per heavy atom. The Bertz CT molecular complexity index is 1150. The normalized spacial score (nSPS) is 14.9. The number of morpholine rings is 1. The topological polar surface area (TPSA) is 91.5 Å². The maximum atomic E-state index is 13.4. The minimum absolute atomic E-state index is 0.0360. The van der Waals surface area contributed by atoms with Gasteiger partial charge >= 0.3 is 0 Å². The summed E-state index contributed by atoms with van der Waals surface area (Å²) < 4.78 is 46.1. The van der Waals surface area contributed by atoms with Crippen LogP contribution < -0.4 is 4.72 Å². The lowest BCUT2D eigenvalue weighted by Crippen LogP contribution is -2.42. The van der Waals surface area contributed by atoms with Gasteiger partial charge in [-0.2, -0.15) is 0 Å². The number of rotatable bonds is 6. The molecule has 1 amide bonds. The number of sulfonamides is 1. The fourth-order valence-electron chi connectivity index (χ4n) is 3.50. The third-order valence-corrected chi connectivity index (χ3v) is 6.59. The van der Waals surface area contributed by atoms with Crippen molar-refractivity contribution in [2.45, 2.75) is 11.3 Å². The van der Waals surface area contributed by atoms with Gasteiger partial charge in [0.25, 0.3) is 0 Å². The number of carbonyl (C=O) groups excluding carboxylic acids is 1. The summed E-state index contributed by atoms with van der Waals surface area (Å²) in [5.41, 5.74) is 2.35. The van der Waals surface area contributed by atoms with Gasteiger partial charge in [0.1, 0.15) is 5.82 Å². The van der Waals surface area contributed by atoms with Gasteiger partial charge in [-0.3, -0.25) is 4.79 Å². The Balaban J connectivity index is 1.41. The van der Waals surface area contributed by atoms with Crippen molar-refractivity contribution in [3.05, 3.63) is 54.5 Å². The van der Waals surface area contributed by atoms with E-state index in [9.17, 15) is 17.6 Å². The van der Waals surface area contributed by atoms with E-state index in [1.807, 2.05) is 0 Å². The molecule has 0 radical (unpaired) electrons. The highest BCUT2D eigenvalue weighted by atomic mass is 32.2. The number of aromatic amines is 1. The van der Waals surface area contributed by atoms with Gasteiger partial charge in [0.2, 0.25) is 15.9 Å². The number of nitrogens with zero attached hydrogens (tertiary/aromatic N) is 1. The molecule has 0 aliphatic carbocycles. The number of aromatic nitrogens is 1. The van der Waals surface area contributed by atoms with Crippen molar-refractivity contribution in [3.63, 3.8) is 0 Å². The molecule has 0 saturated carbocycles. The molecule has 3 aromatic rings. The number of hydrogen-bond donors (Lipinski definition) is 2. The molecule has 0 spiro atoms. The van der Waals surface area contributed by atoms with Crippen LogP contribution in [0.5, 0.6) is 0 Å². The zero-order chi connectivity index (χ0) is 21.1. The number of ether oxygens (including phenoxy) is 1. The first-order chi connectivity index (χ1) is 14.4. The number of carbonyl (C=O) groups is 1. The van der Waals surface area contributed by atoms with Gasteiger partial charge in [-0.15, -0.1) is 0 Å². The summed E-state index contributed by atoms with van der Waals surface area (Å²) in [7, 11) is -3.72. The average molecular weight is 431 g/mol. The highest BCUT2D eigenvalue weighted by molar-refractivity contribution is 7.89. The zero-order valence-corrected chi connectivity index (χ0v) is 17.0. The van der Waals surface area contributed by atoms with E-state index in [2.05, 4.69) is 9.71 Å². The lowest BCUT2D eigenvalue weighted by molar-refractivity contribution is -0.135. The summed E-state index contributed by atoms with van der Waals surface area (Å²) in [5, 5.41) is 0.853. The van der Waals surface area contributed by atoms with Crippen molar-refractivity contribution in [1.29, 1.82) is 0 Å². The second kappa shape index (κ2) is 8.55. The first kappa shape index (κ1) is 20.5. The second-order valence-electron chi connectivity index (χ2n) is 7.06. The highest BCUT2D eigenvalue weighted by Crippen LogP contribution is 2.29. The molecular weight excluding hydrogens is 409 g/mol. The van der Waals surface area contributed by atoms with Crippen molar-refractivity contribution < 1.29 is 22.3 Å². The van der Waals surface area contributed by atoms with Crippen molar-refractivity contribution in [2.75, 3.05) is 32.8 Å². The monoisotopic (exact) mass is 431 g/mol. The fourth-order valence-corrected chi connectivity index (χ4v) is 4.53. The van der Waals surface area contributed by atoms with Crippen LogP contribution in [0.15, 0.2) is 53.6 Å². The average Bonchev–Trinajstić information content (AvgIpc) is 3.17. The first-order valence-electron chi connectivity index (χ1n) is 9.66. The molecule has 158 valence electrons. The van der Waals surface area contributed by atoms with Crippen molar-refractivity contribution in [3.8, 4) is 11.1 Å². The smallest absolute Gasteiger partial charge is 0.240 e. The van der Waals surface area contributed by atoms with E-state index in [0.29, 0.717) is 31.8 Å². The lowest BCUT2D eigenvalue weighted by Gasteiger charge is -2.26. The van der Waals surface area contributed by atoms with E-state index in [-0.39, 0.29) is 29.6 Å². The van der Waals surface area contributed by atoms with E-state index in [1.54, 1.807) is 29.3 Å². The fraction of sp³-hybridized carbons (Fsp3) is 0.286. The van der Waals surface area contributed by atoms with Gasteiger partial charge < -0.3 is 14.6 Å². The van der Waals surface area contributed by atoms with Crippen LogP contribution in [0.25, 0.3) is 22.0 Å². The van der Waals surface area contributed by atoms with Crippen LogP contribution in [0.3, 0.4) is 0 Å². The maximum Gasteiger partial charge on any atom is 0.240 e. The molecule has 0 atom stereocenters. The molecule has 30 heavy (non-hydrogen) atoms. The number of H-pyrrole nitrogens is 1. The number of nitrogens with one attached hydrogen (secondary N) is 2. The molecule has 2 N–H and O–H groups in total. The number of hydrogen-bond acceptors (Lipinski definition) is 4. The molecule has 2 heterocycles. The Labute approximate surface area is 173 Å². The van der Waals surface area contributed by atoms with E-state index >= 15 is 0 Å². The molecule has 1 fully saturated rings. The van der Waals surface area contributed by atoms with Crippen LogP contribution in [-0.4, -0.2) is 57.1 Å². The molecular formula is C21H22FN3O4S. The molecule has 0 bridgehead atoms. The predicted octanol–water partition coefficient (Wildman–Crippen LogP) is 2.50. The predicted molar refractivity (Wildman–Crippen MR) is 111 cm³/mol. The number of amides is 1. The van der Waals surface area contributed by atoms with E-state index in [4.69, 9.17) is 4.74 Å². The number of benzene rings is 2. The van der Waals surface area contributed by atoms with Crippen LogP contribution in [0, 0.1) is 5.82 Å².